The third-order valence-corrected chi connectivity index (χ3v) is 4.15. The fourth-order valence-electron chi connectivity index (χ4n) is 2.26. The van der Waals surface area contributed by atoms with Crippen LogP contribution in [0.5, 0.6) is 0 Å². The van der Waals surface area contributed by atoms with Crippen LogP contribution in [-0.2, 0) is 6.54 Å². The molecule has 3 heteroatoms. The Morgan fingerprint density at radius 1 is 1.56 bits per heavy atom. The largest absolute Gasteiger partial charge is 0.313 e. The van der Waals surface area contributed by atoms with Crippen molar-refractivity contribution in [1.82, 2.24) is 10.2 Å². The first-order valence-corrected chi connectivity index (χ1v) is 7.13. The predicted molar refractivity (Wildman–Crippen MR) is 70.9 cm³/mol. The van der Waals surface area contributed by atoms with Crippen molar-refractivity contribution < 1.29 is 0 Å². The number of thiophene rings is 1. The SMILES string of the molecule is CC(C)N(Cc1cccs1)C[C@@H]1CCCN1. The quantitative estimate of drug-likeness (QED) is 0.848. The zero-order valence-electron chi connectivity index (χ0n) is 10.3. The van der Waals surface area contributed by atoms with Gasteiger partial charge < -0.3 is 5.32 Å². The average Bonchev–Trinajstić information content (AvgIpc) is 2.88. The van der Waals surface area contributed by atoms with E-state index >= 15 is 0 Å². The second-order valence-corrected chi connectivity index (χ2v) is 5.93. The van der Waals surface area contributed by atoms with Gasteiger partial charge in [-0.25, -0.2) is 0 Å². The summed E-state index contributed by atoms with van der Waals surface area (Å²) in [5.41, 5.74) is 0. The van der Waals surface area contributed by atoms with Gasteiger partial charge in [0.25, 0.3) is 0 Å². The molecule has 16 heavy (non-hydrogen) atoms. The molecule has 1 N–H and O–H groups in total. The molecule has 1 atom stereocenters. The van der Waals surface area contributed by atoms with Crippen molar-refractivity contribution in [2.45, 2.75) is 45.3 Å². The summed E-state index contributed by atoms with van der Waals surface area (Å²) < 4.78 is 0. The van der Waals surface area contributed by atoms with E-state index in [4.69, 9.17) is 0 Å². The van der Waals surface area contributed by atoms with Crippen LogP contribution in [0, 0.1) is 0 Å². The van der Waals surface area contributed by atoms with Gasteiger partial charge in [-0.1, -0.05) is 6.07 Å². The molecule has 0 aliphatic carbocycles. The minimum absolute atomic E-state index is 0.629. The molecule has 1 saturated heterocycles. The fourth-order valence-corrected chi connectivity index (χ4v) is 2.99. The Hall–Kier alpha value is -0.380. The molecule has 0 radical (unpaired) electrons. The van der Waals surface area contributed by atoms with Crippen LogP contribution < -0.4 is 5.32 Å². The minimum Gasteiger partial charge on any atom is -0.313 e. The second-order valence-electron chi connectivity index (χ2n) is 4.90. The maximum Gasteiger partial charge on any atom is 0.0331 e. The first-order chi connectivity index (χ1) is 7.75. The van der Waals surface area contributed by atoms with Gasteiger partial charge in [-0.2, -0.15) is 0 Å². The molecular weight excluding hydrogens is 216 g/mol. The Morgan fingerprint density at radius 3 is 3.00 bits per heavy atom. The van der Waals surface area contributed by atoms with E-state index < -0.39 is 0 Å². The molecule has 2 heterocycles. The third kappa shape index (κ3) is 3.30. The summed E-state index contributed by atoms with van der Waals surface area (Å²) in [6.45, 7) is 8.09. The smallest absolute Gasteiger partial charge is 0.0331 e. The van der Waals surface area contributed by atoms with Gasteiger partial charge in [0, 0.05) is 30.1 Å². The summed E-state index contributed by atoms with van der Waals surface area (Å²) in [4.78, 5) is 4.06. The van der Waals surface area contributed by atoms with Gasteiger partial charge in [-0.15, -0.1) is 11.3 Å². The summed E-state index contributed by atoms with van der Waals surface area (Å²) in [5.74, 6) is 0. The van der Waals surface area contributed by atoms with Gasteiger partial charge in [0.15, 0.2) is 0 Å². The van der Waals surface area contributed by atoms with Gasteiger partial charge in [0.2, 0.25) is 0 Å². The normalized spacial score (nSPS) is 21.1. The molecule has 1 fully saturated rings. The number of hydrogen-bond donors (Lipinski definition) is 1. The summed E-state index contributed by atoms with van der Waals surface area (Å²) in [5, 5.41) is 5.75. The molecule has 2 nitrogen and oxygen atoms in total. The lowest BCUT2D eigenvalue weighted by molar-refractivity contribution is 0.196. The molecule has 90 valence electrons. The van der Waals surface area contributed by atoms with Crippen LogP contribution in [0.15, 0.2) is 17.5 Å². The Bertz CT molecular complexity index is 289. The predicted octanol–water partition coefficient (Wildman–Crippen LogP) is 2.71. The van der Waals surface area contributed by atoms with Gasteiger partial charge in [-0.05, 0) is 44.7 Å². The molecule has 0 spiro atoms. The Labute approximate surface area is 103 Å². The lowest BCUT2D eigenvalue weighted by Gasteiger charge is -2.28. The van der Waals surface area contributed by atoms with Gasteiger partial charge >= 0.3 is 0 Å². The second kappa shape index (κ2) is 5.80. The van der Waals surface area contributed by atoms with Crippen molar-refractivity contribution in [3.63, 3.8) is 0 Å². The molecule has 2 rings (SSSR count). The minimum atomic E-state index is 0.629. The average molecular weight is 238 g/mol. The Morgan fingerprint density at radius 2 is 2.44 bits per heavy atom. The molecule has 1 aliphatic rings. The maximum atomic E-state index is 3.58. The van der Waals surface area contributed by atoms with Crippen molar-refractivity contribution in [2.24, 2.45) is 0 Å². The van der Waals surface area contributed by atoms with Crippen LogP contribution in [0.3, 0.4) is 0 Å². The van der Waals surface area contributed by atoms with Crippen molar-refractivity contribution >= 4 is 11.3 Å². The summed E-state index contributed by atoms with van der Waals surface area (Å²) >= 11 is 1.86. The van der Waals surface area contributed by atoms with E-state index in [-0.39, 0.29) is 0 Å². The third-order valence-electron chi connectivity index (χ3n) is 3.29. The van der Waals surface area contributed by atoms with Crippen molar-refractivity contribution in [2.75, 3.05) is 13.1 Å². The highest BCUT2D eigenvalue weighted by Gasteiger charge is 2.19. The molecule has 0 aromatic carbocycles. The fraction of sp³-hybridized carbons (Fsp3) is 0.692. The molecule has 0 saturated carbocycles. The topological polar surface area (TPSA) is 15.3 Å². The van der Waals surface area contributed by atoms with E-state index in [1.807, 2.05) is 11.3 Å². The maximum absolute atomic E-state index is 3.58. The molecule has 1 aliphatic heterocycles. The van der Waals surface area contributed by atoms with Crippen LogP contribution in [0.2, 0.25) is 0 Å². The van der Waals surface area contributed by atoms with Crippen molar-refractivity contribution in [3.8, 4) is 0 Å². The van der Waals surface area contributed by atoms with Crippen LogP contribution in [0.4, 0.5) is 0 Å². The monoisotopic (exact) mass is 238 g/mol. The van der Waals surface area contributed by atoms with E-state index in [0.29, 0.717) is 12.1 Å². The van der Waals surface area contributed by atoms with Gasteiger partial charge in [0.1, 0.15) is 0 Å². The number of nitrogens with one attached hydrogen (secondary N) is 1. The highest BCUT2D eigenvalue weighted by molar-refractivity contribution is 7.09. The number of rotatable bonds is 5. The zero-order chi connectivity index (χ0) is 11.4. The summed E-state index contributed by atoms with van der Waals surface area (Å²) in [7, 11) is 0. The van der Waals surface area contributed by atoms with E-state index in [9.17, 15) is 0 Å². The molecule has 1 aromatic heterocycles. The molecule has 0 amide bonds. The zero-order valence-corrected chi connectivity index (χ0v) is 11.1. The molecular formula is C13H22N2S. The number of nitrogens with zero attached hydrogens (tertiary/aromatic N) is 1. The van der Waals surface area contributed by atoms with Crippen LogP contribution in [0.1, 0.15) is 31.6 Å². The highest BCUT2D eigenvalue weighted by atomic mass is 32.1. The summed E-state index contributed by atoms with van der Waals surface area (Å²) in [6, 6.07) is 5.72. The van der Waals surface area contributed by atoms with E-state index in [2.05, 4.69) is 41.6 Å². The molecule has 0 unspecified atom stereocenters. The van der Waals surface area contributed by atoms with E-state index in [1.165, 1.54) is 30.8 Å². The van der Waals surface area contributed by atoms with Crippen molar-refractivity contribution in [1.29, 1.82) is 0 Å². The number of hydrogen-bond acceptors (Lipinski definition) is 3. The summed E-state index contributed by atoms with van der Waals surface area (Å²) in [6.07, 6.45) is 2.68. The van der Waals surface area contributed by atoms with Crippen LogP contribution in [0.25, 0.3) is 0 Å². The lowest BCUT2D eigenvalue weighted by atomic mass is 10.2. The van der Waals surface area contributed by atoms with Crippen LogP contribution >= 0.6 is 11.3 Å². The Balaban J connectivity index is 1.89. The standard InChI is InChI=1S/C13H22N2S/c1-11(2)15(9-12-5-3-7-14-12)10-13-6-4-8-16-13/h4,6,8,11-12,14H,3,5,7,9-10H2,1-2H3/t12-/m0/s1. The van der Waals surface area contributed by atoms with Crippen LogP contribution in [-0.4, -0.2) is 30.1 Å². The molecule has 0 bridgehead atoms. The first kappa shape index (κ1) is 12.1. The highest BCUT2D eigenvalue weighted by Crippen LogP contribution is 2.16. The van der Waals surface area contributed by atoms with E-state index in [1.54, 1.807) is 0 Å². The van der Waals surface area contributed by atoms with Gasteiger partial charge in [0.05, 0.1) is 0 Å². The Kier molecular flexibility index (Phi) is 4.38. The van der Waals surface area contributed by atoms with Gasteiger partial charge in [-0.3, -0.25) is 4.90 Å². The lowest BCUT2D eigenvalue weighted by Crippen LogP contribution is -2.40. The van der Waals surface area contributed by atoms with E-state index in [0.717, 1.165) is 6.54 Å². The van der Waals surface area contributed by atoms with Crippen molar-refractivity contribution in [3.05, 3.63) is 22.4 Å². The molecule has 1 aromatic rings. The first-order valence-electron chi connectivity index (χ1n) is 6.25.